The Labute approximate surface area is 184 Å². The molecule has 0 radical (unpaired) electrons. The van der Waals surface area contributed by atoms with E-state index in [0.717, 1.165) is 27.8 Å². The van der Waals surface area contributed by atoms with Crippen molar-refractivity contribution in [2.45, 2.75) is 13.5 Å². The van der Waals surface area contributed by atoms with Gasteiger partial charge in [0.2, 0.25) is 0 Å². The van der Waals surface area contributed by atoms with Gasteiger partial charge in [-0.15, -0.1) is 0 Å². The number of aromatic nitrogens is 3. The lowest BCUT2D eigenvalue weighted by Crippen LogP contribution is -2.39. The van der Waals surface area contributed by atoms with Gasteiger partial charge in [0.05, 0.1) is 30.4 Å². The van der Waals surface area contributed by atoms with Gasteiger partial charge >= 0.3 is 5.69 Å². The summed E-state index contributed by atoms with van der Waals surface area (Å²) in [6.45, 7) is 2.32. The SMILES string of the molecule is COc1cccc(Cn2c(=O)n(-c3ccccc3)c(=O)c3c2c2cc(C)ccc2n3C)c1. The molecule has 0 saturated carbocycles. The van der Waals surface area contributed by atoms with Gasteiger partial charge in [0.1, 0.15) is 11.3 Å². The van der Waals surface area contributed by atoms with E-state index in [2.05, 4.69) is 0 Å². The van der Waals surface area contributed by atoms with E-state index in [4.69, 9.17) is 4.74 Å². The van der Waals surface area contributed by atoms with E-state index < -0.39 is 0 Å². The Morgan fingerprint density at radius 3 is 2.41 bits per heavy atom. The van der Waals surface area contributed by atoms with Crippen LogP contribution in [0.25, 0.3) is 27.6 Å². The van der Waals surface area contributed by atoms with Crippen molar-refractivity contribution in [2.24, 2.45) is 7.05 Å². The second-order valence-electron chi connectivity index (χ2n) is 7.97. The van der Waals surface area contributed by atoms with Crippen LogP contribution in [-0.2, 0) is 13.6 Å². The van der Waals surface area contributed by atoms with Gasteiger partial charge < -0.3 is 9.30 Å². The van der Waals surface area contributed by atoms with Gasteiger partial charge in [0.25, 0.3) is 5.56 Å². The van der Waals surface area contributed by atoms with E-state index in [1.807, 2.05) is 79.2 Å². The van der Waals surface area contributed by atoms with Crippen LogP contribution in [0.5, 0.6) is 5.75 Å². The van der Waals surface area contributed by atoms with Gasteiger partial charge in [0, 0.05) is 12.4 Å². The average Bonchev–Trinajstić information content (AvgIpc) is 3.09. The summed E-state index contributed by atoms with van der Waals surface area (Å²) in [6, 6.07) is 22.7. The molecule has 0 unspecified atom stereocenters. The molecule has 0 N–H and O–H groups in total. The summed E-state index contributed by atoms with van der Waals surface area (Å²) in [5.41, 5.74) is 3.89. The molecule has 0 fully saturated rings. The average molecular weight is 425 g/mol. The number of aryl methyl sites for hydroxylation is 2. The Morgan fingerprint density at radius 1 is 0.875 bits per heavy atom. The molecule has 0 atom stereocenters. The molecule has 32 heavy (non-hydrogen) atoms. The highest BCUT2D eigenvalue weighted by Gasteiger charge is 2.21. The number of para-hydroxylation sites is 1. The monoisotopic (exact) mass is 425 g/mol. The zero-order chi connectivity index (χ0) is 22.4. The Kier molecular flexibility index (Phi) is 4.70. The third kappa shape index (κ3) is 3.03. The maximum Gasteiger partial charge on any atom is 0.336 e. The molecular formula is C26H23N3O3. The van der Waals surface area contributed by atoms with Crippen LogP contribution in [0.1, 0.15) is 11.1 Å². The molecule has 160 valence electrons. The van der Waals surface area contributed by atoms with Gasteiger partial charge in [-0.25, -0.2) is 9.36 Å². The fourth-order valence-electron chi connectivity index (χ4n) is 4.37. The zero-order valence-corrected chi connectivity index (χ0v) is 18.2. The van der Waals surface area contributed by atoms with Crippen LogP contribution in [-0.4, -0.2) is 20.8 Å². The Morgan fingerprint density at radius 2 is 1.66 bits per heavy atom. The molecule has 0 aliphatic carbocycles. The topological polar surface area (TPSA) is 58.2 Å². The van der Waals surface area contributed by atoms with E-state index in [1.165, 1.54) is 4.57 Å². The Balaban J connectivity index is 1.93. The van der Waals surface area contributed by atoms with Crippen molar-refractivity contribution in [1.82, 2.24) is 13.7 Å². The molecule has 3 aromatic carbocycles. The quantitative estimate of drug-likeness (QED) is 0.437. The van der Waals surface area contributed by atoms with Gasteiger partial charge in [-0.1, -0.05) is 42.0 Å². The van der Waals surface area contributed by atoms with E-state index in [9.17, 15) is 9.59 Å². The minimum absolute atomic E-state index is 0.312. The predicted octanol–water partition coefficient (Wildman–Crippen LogP) is 4.01. The molecule has 5 aromatic rings. The largest absolute Gasteiger partial charge is 0.497 e. The number of hydrogen-bond acceptors (Lipinski definition) is 3. The fourth-order valence-corrected chi connectivity index (χ4v) is 4.37. The van der Waals surface area contributed by atoms with Crippen molar-refractivity contribution in [3.05, 3.63) is 105 Å². The van der Waals surface area contributed by atoms with E-state index >= 15 is 0 Å². The summed E-state index contributed by atoms with van der Waals surface area (Å²) in [4.78, 5) is 27.4. The maximum atomic E-state index is 13.8. The summed E-state index contributed by atoms with van der Waals surface area (Å²) >= 11 is 0. The normalized spacial score (nSPS) is 11.3. The van der Waals surface area contributed by atoms with Crippen molar-refractivity contribution < 1.29 is 4.74 Å². The van der Waals surface area contributed by atoms with Gasteiger partial charge in [0.15, 0.2) is 0 Å². The molecule has 0 bridgehead atoms. The summed E-state index contributed by atoms with van der Waals surface area (Å²) in [5, 5.41) is 0.889. The lowest BCUT2D eigenvalue weighted by Gasteiger charge is -2.14. The highest BCUT2D eigenvalue weighted by atomic mass is 16.5. The standard InChI is InChI=1S/C26H23N3O3/c1-17-12-13-22-21(14-17)23-24(27(22)2)25(30)29(19-9-5-4-6-10-19)26(31)28(23)16-18-8-7-11-20(15-18)32-3/h4-15H,16H2,1-3H3. The van der Waals surface area contributed by atoms with Crippen LogP contribution < -0.4 is 16.0 Å². The minimum Gasteiger partial charge on any atom is -0.497 e. The van der Waals surface area contributed by atoms with E-state index in [0.29, 0.717) is 23.3 Å². The molecule has 0 saturated heterocycles. The number of ether oxygens (including phenoxy) is 1. The number of hydrogen-bond donors (Lipinski definition) is 0. The van der Waals surface area contributed by atoms with Crippen molar-refractivity contribution in [1.29, 1.82) is 0 Å². The lowest BCUT2D eigenvalue weighted by molar-refractivity contribution is 0.414. The third-order valence-corrected chi connectivity index (χ3v) is 5.92. The molecule has 0 amide bonds. The van der Waals surface area contributed by atoms with E-state index in [1.54, 1.807) is 23.8 Å². The molecule has 0 spiro atoms. The second-order valence-corrected chi connectivity index (χ2v) is 7.97. The molecule has 6 nitrogen and oxygen atoms in total. The lowest BCUT2D eigenvalue weighted by atomic mass is 10.1. The maximum absolute atomic E-state index is 13.8. The number of rotatable bonds is 4. The summed E-state index contributed by atoms with van der Waals surface area (Å²) < 4.78 is 10.2. The first-order chi connectivity index (χ1) is 15.5. The van der Waals surface area contributed by atoms with Gasteiger partial charge in [-0.2, -0.15) is 0 Å². The number of fused-ring (bicyclic) bond motifs is 3. The first kappa shape index (κ1) is 19.9. The molecule has 0 aliphatic heterocycles. The van der Waals surface area contributed by atoms with Crippen LogP contribution in [0.4, 0.5) is 0 Å². The van der Waals surface area contributed by atoms with Crippen molar-refractivity contribution in [2.75, 3.05) is 7.11 Å². The number of benzene rings is 3. The summed E-state index contributed by atoms with van der Waals surface area (Å²) in [7, 11) is 3.49. The predicted molar refractivity (Wildman–Crippen MR) is 127 cm³/mol. The Hall–Kier alpha value is -4.06. The highest BCUT2D eigenvalue weighted by molar-refractivity contribution is 6.06. The summed E-state index contributed by atoms with van der Waals surface area (Å²) in [5.74, 6) is 0.719. The zero-order valence-electron chi connectivity index (χ0n) is 18.2. The molecule has 2 aromatic heterocycles. The molecule has 5 rings (SSSR count). The smallest absolute Gasteiger partial charge is 0.336 e. The van der Waals surface area contributed by atoms with Crippen LogP contribution in [0.3, 0.4) is 0 Å². The fraction of sp³-hybridized carbons (Fsp3) is 0.154. The van der Waals surface area contributed by atoms with Crippen LogP contribution in [0.2, 0.25) is 0 Å². The van der Waals surface area contributed by atoms with E-state index in [-0.39, 0.29) is 11.2 Å². The first-order valence-corrected chi connectivity index (χ1v) is 10.4. The molecular weight excluding hydrogens is 402 g/mol. The second kappa shape index (κ2) is 7.57. The summed E-state index contributed by atoms with van der Waals surface area (Å²) in [6.07, 6.45) is 0. The Bertz CT molecular complexity index is 1590. The van der Waals surface area contributed by atoms with Gasteiger partial charge in [-0.05, 0) is 48.9 Å². The minimum atomic E-state index is -0.370. The van der Waals surface area contributed by atoms with Crippen molar-refractivity contribution in [3.8, 4) is 11.4 Å². The third-order valence-electron chi connectivity index (χ3n) is 5.92. The molecule has 6 heteroatoms. The first-order valence-electron chi connectivity index (χ1n) is 10.4. The van der Waals surface area contributed by atoms with Crippen LogP contribution in [0.15, 0.2) is 82.4 Å². The number of nitrogens with zero attached hydrogens (tertiary/aromatic N) is 3. The highest BCUT2D eigenvalue weighted by Crippen LogP contribution is 2.27. The van der Waals surface area contributed by atoms with Gasteiger partial charge in [-0.3, -0.25) is 9.36 Å². The molecule has 0 aliphatic rings. The van der Waals surface area contributed by atoms with Crippen LogP contribution >= 0.6 is 0 Å². The number of methoxy groups -OCH3 is 1. The van der Waals surface area contributed by atoms with Crippen LogP contribution in [0, 0.1) is 6.92 Å². The molecule has 2 heterocycles. The van der Waals surface area contributed by atoms with Crippen molar-refractivity contribution >= 4 is 21.9 Å². The van der Waals surface area contributed by atoms with Crippen molar-refractivity contribution in [3.63, 3.8) is 0 Å².